The second-order valence-corrected chi connectivity index (χ2v) is 4.04. The molecule has 1 rings (SSSR count). The predicted octanol–water partition coefficient (Wildman–Crippen LogP) is 4.52. The summed E-state index contributed by atoms with van der Waals surface area (Å²) in [5, 5.41) is 0. The smallest absolute Gasteiger partial charge is 0.165 e. The Kier molecular flexibility index (Phi) is 6.24. The molecule has 0 unspecified atom stereocenters. The number of benzene rings is 1. The molecule has 0 aliphatic rings. The van der Waals surface area contributed by atoms with E-state index in [2.05, 4.69) is 6.92 Å². The number of rotatable bonds is 7. The molecule has 0 atom stereocenters. The van der Waals surface area contributed by atoms with Gasteiger partial charge in [-0.15, -0.1) is 11.6 Å². The standard InChI is InChI=1S/C13H18ClFO/c1-2-3-4-5-9-16-13-11(10-14)7-6-8-12(13)15/h6-8H,2-5,9-10H2,1H3. The quantitative estimate of drug-likeness (QED) is 0.506. The third-order valence-corrected chi connectivity index (χ3v) is 2.72. The second kappa shape index (κ2) is 7.50. The van der Waals surface area contributed by atoms with Crippen molar-refractivity contribution in [1.82, 2.24) is 0 Å². The third-order valence-electron chi connectivity index (χ3n) is 2.44. The first-order valence-corrected chi connectivity index (χ1v) is 6.29. The first-order chi connectivity index (χ1) is 7.79. The van der Waals surface area contributed by atoms with E-state index in [4.69, 9.17) is 16.3 Å². The van der Waals surface area contributed by atoms with E-state index >= 15 is 0 Å². The van der Waals surface area contributed by atoms with Crippen LogP contribution in [0.5, 0.6) is 5.75 Å². The molecule has 0 saturated carbocycles. The minimum atomic E-state index is -0.325. The van der Waals surface area contributed by atoms with E-state index < -0.39 is 0 Å². The number of alkyl halides is 1. The minimum Gasteiger partial charge on any atom is -0.490 e. The fourth-order valence-electron chi connectivity index (χ4n) is 1.52. The largest absolute Gasteiger partial charge is 0.490 e. The highest BCUT2D eigenvalue weighted by Crippen LogP contribution is 2.24. The van der Waals surface area contributed by atoms with Crippen molar-refractivity contribution in [2.75, 3.05) is 6.61 Å². The normalized spacial score (nSPS) is 10.4. The van der Waals surface area contributed by atoms with E-state index in [9.17, 15) is 4.39 Å². The topological polar surface area (TPSA) is 9.23 Å². The van der Waals surface area contributed by atoms with Gasteiger partial charge in [-0.3, -0.25) is 0 Å². The lowest BCUT2D eigenvalue weighted by Crippen LogP contribution is -2.01. The zero-order chi connectivity index (χ0) is 11.8. The van der Waals surface area contributed by atoms with Crippen molar-refractivity contribution in [1.29, 1.82) is 0 Å². The third kappa shape index (κ3) is 4.01. The van der Waals surface area contributed by atoms with Crippen LogP contribution in [0.25, 0.3) is 0 Å². The summed E-state index contributed by atoms with van der Waals surface area (Å²) in [5.74, 6) is 0.268. The molecule has 1 aromatic rings. The number of unbranched alkanes of at least 4 members (excludes halogenated alkanes) is 3. The fraction of sp³-hybridized carbons (Fsp3) is 0.538. The SMILES string of the molecule is CCCCCCOc1c(F)cccc1CCl. The van der Waals surface area contributed by atoms with Gasteiger partial charge in [-0.1, -0.05) is 38.3 Å². The summed E-state index contributed by atoms with van der Waals surface area (Å²) in [6, 6.07) is 4.84. The van der Waals surface area contributed by atoms with Crippen LogP contribution in [0.15, 0.2) is 18.2 Å². The summed E-state index contributed by atoms with van der Waals surface area (Å²) in [7, 11) is 0. The minimum absolute atomic E-state index is 0.280. The highest BCUT2D eigenvalue weighted by molar-refractivity contribution is 6.17. The number of ether oxygens (including phenoxy) is 1. The second-order valence-electron chi connectivity index (χ2n) is 3.77. The van der Waals surface area contributed by atoms with Crippen LogP contribution in [-0.2, 0) is 5.88 Å². The lowest BCUT2D eigenvalue weighted by Gasteiger charge is -2.10. The van der Waals surface area contributed by atoms with E-state index in [1.165, 1.54) is 18.9 Å². The number of hydrogen-bond donors (Lipinski definition) is 0. The number of hydrogen-bond acceptors (Lipinski definition) is 1. The van der Waals surface area contributed by atoms with E-state index in [0.29, 0.717) is 12.4 Å². The van der Waals surface area contributed by atoms with Crippen molar-refractivity contribution in [3.8, 4) is 5.75 Å². The molecule has 0 fully saturated rings. The summed E-state index contributed by atoms with van der Waals surface area (Å²) in [6.45, 7) is 2.72. The molecule has 1 nitrogen and oxygen atoms in total. The average Bonchev–Trinajstić information content (AvgIpc) is 2.30. The molecule has 16 heavy (non-hydrogen) atoms. The van der Waals surface area contributed by atoms with Crippen molar-refractivity contribution in [2.45, 2.75) is 38.5 Å². The van der Waals surface area contributed by atoms with Gasteiger partial charge in [-0.25, -0.2) is 4.39 Å². The van der Waals surface area contributed by atoms with Gasteiger partial charge < -0.3 is 4.74 Å². The fourth-order valence-corrected chi connectivity index (χ4v) is 1.73. The Labute approximate surface area is 102 Å². The molecule has 0 amide bonds. The van der Waals surface area contributed by atoms with Crippen LogP contribution in [-0.4, -0.2) is 6.61 Å². The molecule has 0 radical (unpaired) electrons. The zero-order valence-corrected chi connectivity index (χ0v) is 10.4. The summed E-state index contributed by atoms with van der Waals surface area (Å²) in [6.07, 6.45) is 4.47. The van der Waals surface area contributed by atoms with Gasteiger partial charge in [-0.2, -0.15) is 0 Å². The zero-order valence-electron chi connectivity index (χ0n) is 9.64. The van der Waals surface area contributed by atoms with E-state index in [0.717, 1.165) is 18.4 Å². The van der Waals surface area contributed by atoms with Crippen LogP contribution in [0.2, 0.25) is 0 Å². The van der Waals surface area contributed by atoms with Gasteiger partial charge in [0, 0.05) is 5.56 Å². The van der Waals surface area contributed by atoms with Crippen molar-refractivity contribution >= 4 is 11.6 Å². The summed E-state index contributed by atoms with van der Waals surface area (Å²) in [4.78, 5) is 0. The molecule has 0 spiro atoms. The van der Waals surface area contributed by atoms with E-state index in [1.54, 1.807) is 12.1 Å². The first-order valence-electron chi connectivity index (χ1n) is 5.75. The van der Waals surface area contributed by atoms with Crippen molar-refractivity contribution < 1.29 is 9.13 Å². The Morgan fingerprint density at radius 3 is 2.75 bits per heavy atom. The maximum atomic E-state index is 13.4. The molecule has 0 saturated heterocycles. The molecule has 0 bridgehead atoms. The Morgan fingerprint density at radius 2 is 2.06 bits per heavy atom. The van der Waals surface area contributed by atoms with Crippen LogP contribution < -0.4 is 4.74 Å². The Balaban J connectivity index is 2.46. The molecule has 0 N–H and O–H groups in total. The molecule has 0 aliphatic heterocycles. The molecule has 0 aliphatic carbocycles. The summed E-state index contributed by atoms with van der Waals surface area (Å²) < 4.78 is 18.9. The predicted molar refractivity (Wildman–Crippen MR) is 65.6 cm³/mol. The Morgan fingerprint density at radius 1 is 1.25 bits per heavy atom. The molecular weight excluding hydrogens is 227 g/mol. The molecule has 1 aromatic carbocycles. The Hall–Kier alpha value is -0.760. The van der Waals surface area contributed by atoms with E-state index in [-0.39, 0.29) is 11.7 Å². The van der Waals surface area contributed by atoms with Gasteiger partial charge in [-0.05, 0) is 12.5 Å². The molecule has 0 heterocycles. The summed E-state index contributed by atoms with van der Waals surface area (Å²) >= 11 is 5.72. The monoisotopic (exact) mass is 244 g/mol. The van der Waals surface area contributed by atoms with Crippen LogP contribution in [0.4, 0.5) is 4.39 Å². The van der Waals surface area contributed by atoms with Gasteiger partial charge >= 0.3 is 0 Å². The average molecular weight is 245 g/mol. The van der Waals surface area contributed by atoms with Crippen molar-refractivity contribution in [3.63, 3.8) is 0 Å². The lowest BCUT2D eigenvalue weighted by molar-refractivity contribution is 0.288. The van der Waals surface area contributed by atoms with Crippen LogP contribution in [0.1, 0.15) is 38.2 Å². The molecule has 3 heteroatoms. The van der Waals surface area contributed by atoms with Gasteiger partial charge in [0.25, 0.3) is 0 Å². The van der Waals surface area contributed by atoms with Gasteiger partial charge in [0.05, 0.1) is 12.5 Å². The van der Waals surface area contributed by atoms with Gasteiger partial charge in [0.1, 0.15) is 0 Å². The van der Waals surface area contributed by atoms with E-state index in [1.807, 2.05) is 0 Å². The molecule has 90 valence electrons. The maximum absolute atomic E-state index is 13.4. The molecular formula is C13H18ClFO. The van der Waals surface area contributed by atoms with Gasteiger partial charge in [0.15, 0.2) is 11.6 Å². The Bertz CT molecular complexity index is 315. The summed E-state index contributed by atoms with van der Waals surface area (Å²) in [5.41, 5.74) is 0.720. The van der Waals surface area contributed by atoms with Crippen LogP contribution >= 0.6 is 11.6 Å². The van der Waals surface area contributed by atoms with Crippen molar-refractivity contribution in [3.05, 3.63) is 29.6 Å². The maximum Gasteiger partial charge on any atom is 0.165 e. The van der Waals surface area contributed by atoms with Crippen LogP contribution in [0.3, 0.4) is 0 Å². The van der Waals surface area contributed by atoms with Gasteiger partial charge in [0.2, 0.25) is 0 Å². The van der Waals surface area contributed by atoms with Crippen molar-refractivity contribution in [2.24, 2.45) is 0 Å². The number of halogens is 2. The molecule has 0 aromatic heterocycles. The lowest BCUT2D eigenvalue weighted by atomic mass is 10.2. The highest BCUT2D eigenvalue weighted by atomic mass is 35.5. The van der Waals surface area contributed by atoms with Crippen LogP contribution in [0, 0.1) is 5.82 Å². The first kappa shape index (κ1) is 13.3. The highest BCUT2D eigenvalue weighted by Gasteiger charge is 2.08. The number of para-hydroxylation sites is 1.